The van der Waals surface area contributed by atoms with Crippen LogP contribution in [0.1, 0.15) is 190 Å². The third-order valence-electron chi connectivity index (χ3n) is 9.53. The molecule has 0 aromatic carbocycles. The van der Waals surface area contributed by atoms with Crippen LogP contribution >= 0.6 is 0 Å². The van der Waals surface area contributed by atoms with Gasteiger partial charge in [0, 0.05) is 50.5 Å². The highest BCUT2D eigenvalue weighted by molar-refractivity contribution is 5.11. The molecule has 2 aromatic rings. The molecule has 2 aromatic heterocycles. The maximum absolute atomic E-state index is 2.41. The lowest BCUT2D eigenvalue weighted by Gasteiger charge is -2.04. The van der Waals surface area contributed by atoms with Crippen molar-refractivity contribution in [3.63, 3.8) is 0 Å². The van der Waals surface area contributed by atoms with Crippen molar-refractivity contribution in [1.82, 2.24) is 0 Å². The van der Waals surface area contributed by atoms with Crippen molar-refractivity contribution in [1.29, 1.82) is 0 Å². The molecule has 0 aliphatic heterocycles. The molecule has 0 saturated carbocycles. The zero-order valence-electron chi connectivity index (χ0n) is 31.5. The fourth-order valence-electron chi connectivity index (χ4n) is 6.28. The number of halogens is 2. The number of aryl methyl sites for hydroxylation is 5. The van der Waals surface area contributed by atoms with Gasteiger partial charge < -0.3 is 24.8 Å². The van der Waals surface area contributed by atoms with Crippen LogP contribution in [0.25, 0.3) is 0 Å². The summed E-state index contributed by atoms with van der Waals surface area (Å²) in [6.45, 7) is 15.8. The summed E-state index contributed by atoms with van der Waals surface area (Å²) < 4.78 is 4.80. The normalized spacial score (nSPS) is 10.6. The molecule has 0 spiro atoms. The van der Waals surface area contributed by atoms with Crippen molar-refractivity contribution in [3.8, 4) is 0 Å². The van der Waals surface area contributed by atoms with Crippen LogP contribution < -0.4 is 33.9 Å². The van der Waals surface area contributed by atoms with Crippen LogP contribution in [-0.2, 0) is 13.1 Å². The lowest BCUT2D eigenvalue weighted by Crippen LogP contribution is -3.00. The Bertz CT molecular complexity index is 930. The first-order chi connectivity index (χ1) is 21.5. The summed E-state index contributed by atoms with van der Waals surface area (Å²) in [4.78, 5) is 0. The van der Waals surface area contributed by atoms with Crippen LogP contribution in [0.4, 0.5) is 0 Å². The van der Waals surface area contributed by atoms with Crippen LogP contribution in [-0.4, -0.2) is 0 Å². The molecule has 0 fully saturated rings. The summed E-state index contributed by atoms with van der Waals surface area (Å²) >= 11 is 0. The Morgan fingerprint density at radius 2 is 0.804 bits per heavy atom. The van der Waals surface area contributed by atoms with Crippen molar-refractivity contribution in [2.75, 3.05) is 0 Å². The van der Waals surface area contributed by atoms with Gasteiger partial charge in [0.25, 0.3) is 0 Å². The van der Waals surface area contributed by atoms with Crippen molar-refractivity contribution >= 4 is 0 Å². The van der Waals surface area contributed by atoms with E-state index in [1.54, 1.807) is 0 Å². The van der Waals surface area contributed by atoms with E-state index >= 15 is 0 Å². The minimum Gasteiger partial charge on any atom is -1.00 e. The first-order valence-electron chi connectivity index (χ1n) is 19.4. The lowest BCUT2D eigenvalue weighted by atomic mass is 10.1. The highest BCUT2D eigenvalue weighted by atomic mass is 35.5. The van der Waals surface area contributed by atoms with Gasteiger partial charge in [0.05, 0.1) is 0 Å². The molecule has 46 heavy (non-hydrogen) atoms. The van der Waals surface area contributed by atoms with Crippen molar-refractivity contribution in [2.24, 2.45) is 0 Å². The van der Waals surface area contributed by atoms with Gasteiger partial charge in [-0.1, -0.05) is 142 Å². The molecule has 0 amide bonds. The van der Waals surface area contributed by atoms with Gasteiger partial charge in [0.15, 0.2) is 23.8 Å². The van der Waals surface area contributed by atoms with Gasteiger partial charge in [0.1, 0.15) is 13.1 Å². The van der Waals surface area contributed by atoms with Crippen molar-refractivity contribution < 1.29 is 33.9 Å². The van der Waals surface area contributed by atoms with Gasteiger partial charge in [-0.15, -0.1) is 0 Å². The molecular weight excluding hydrogens is 603 g/mol. The van der Waals surface area contributed by atoms with E-state index in [1.807, 2.05) is 0 Å². The lowest BCUT2D eigenvalue weighted by molar-refractivity contribution is -0.703. The smallest absolute Gasteiger partial charge is 0.181 e. The minimum absolute atomic E-state index is 0. The highest BCUT2D eigenvalue weighted by Gasteiger charge is 2.07. The van der Waals surface area contributed by atoms with Crippen LogP contribution in [0.5, 0.6) is 0 Å². The quantitative estimate of drug-likeness (QED) is 0.0784. The summed E-state index contributed by atoms with van der Waals surface area (Å²) in [5.74, 6) is 0. The molecule has 4 heteroatoms. The van der Waals surface area contributed by atoms with Gasteiger partial charge in [-0.3, -0.25) is 0 Å². The molecule has 0 aliphatic rings. The Kier molecular flexibility index (Phi) is 34.5. The van der Waals surface area contributed by atoms with Crippen LogP contribution in [0.3, 0.4) is 0 Å². The zero-order chi connectivity index (χ0) is 32.1. The van der Waals surface area contributed by atoms with Crippen LogP contribution in [0.15, 0.2) is 36.7 Å². The fourth-order valence-corrected chi connectivity index (χ4v) is 6.28. The van der Waals surface area contributed by atoms with Crippen LogP contribution in [0.2, 0.25) is 0 Å². The zero-order valence-corrected chi connectivity index (χ0v) is 33.0. The molecule has 0 bridgehead atoms. The van der Waals surface area contributed by atoms with Gasteiger partial charge >= 0.3 is 0 Å². The summed E-state index contributed by atoms with van der Waals surface area (Å²) in [5, 5.41) is 0. The second kappa shape index (κ2) is 33.8. The monoisotopic (exact) mass is 679 g/mol. The van der Waals surface area contributed by atoms with Crippen LogP contribution in [0, 0.1) is 27.7 Å². The molecule has 0 atom stereocenters. The SMILES string of the molecule is CCCCCCCCCCCCCC[n+]1ccc(C)cc1C.CCCCCCCCCCCCCC[n+]1cccc(C)c1C.[Cl-].[Cl-]. The second-order valence-corrected chi connectivity index (χ2v) is 13.8. The third-order valence-corrected chi connectivity index (χ3v) is 9.53. The molecule has 0 aliphatic carbocycles. The Hall–Kier alpha value is -1.12. The number of pyridine rings is 2. The van der Waals surface area contributed by atoms with E-state index < -0.39 is 0 Å². The Labute approximate surface area is 300 Å². The second-order valence-electron chi connectivity index (χ2n) is 13.8. The minimum atomic E-state index is 0. The maximum atomic E-state index is 2.41. The van der Waals surface area contributed by atoms with E-state index in [0.717, 1.165) is 0 Å². The van der Waals surface area contributed by atoms with E-state index in [9.17, 15) is 0 Å². The highest BCUT2D eigenvalue weighted by Crippen LogP contribution is 2.13. The predicted octanol–water partition coefficient (Wildman–Crippen LogP) is 6.59. The summed E-state index contributed by atoms with van der Waals surface area (Å²) in [5.41, 5.74) is 5.58. The summed E-state index contributed by atoms with van der Waals surface area (Å²) in [7, 11) is 0. The topological polar surface area (TPSA) is 7.76 Å². The van der Waals surface area contributed by atoms with Gasteiger partial charge in [-0.25, -0.2) is 9.13 Å². The molecule has 2 heterocycles. The van der Waals surface area contributed by atoms with E-state index in [0.29, 0.717) is 0 Å². The number of hydrogen-bond acceptors (Lipinski definition) is 0. The molecule has 0 unspecified atom stereocenters. The summed E-state index contributed by atoms with van der Waals surface area (Å²) in [6.07, 6.45) is 38.6. The Balaban J connectivity index is 0. The fraction of sp³-hybridized carbons (Fsp3) is 0.762. The predicted molar refractivity (Wildman–Crippen MR) is 194 cm³/mol. The molecule has 0 radical (unpaired) electrons. The van der Waals surface area contributed by atoms with E-state index in [4.69, 9.17) is 0 Å². The molecule has 0 saturated heterocycles. The van der Waals surface area contributed by atoms with Gasteiger partial charge in [0.2, 0.25) is 0 Å². The molecule has 0 N–H and O–H groups in total. The number of aromatic nitrogens is 2. The molecule has 2 nitrogen and oxygen atoms in total. The first kappa shape index (κ1) is 47.0. The van der Waals surface area contributed by atoms with Crippen molar-refractivity contribution in [3.05, 3.63) is 59.2 Å². The molecular formula is C42H76Cl2N2. The van der Waals surface area contributed by atoms with Gasteiger partial charge in [-0.05, 0) is 38.3 Å². The van der Waals surface area contributed by atoms with E-state index in [1.165, 1.54) is 190 Å². The largest absolute Gasteiger partial charge is 1.00 e. The molecule has 268 valence electrons. The average Bonchev–Trinajstić information content (AvgIpc) is 3.01. The molecule has 2 rings (SSSR count). The standard InChI is InChI=1S/2C21H38N.2ClH/c1-4-5-6-7-8-9-10-11-12-13-14-15-18-22-19-16-17-20(2)21(22)3;1-4-5-6-7-8-9-10-11-12-13-14-15-17-22-18-16-20(2)19-21(22)3;;/h16-17,19H,4-15,18H2,1-3H3;16,18-19H,4-15,17H2,1-3H3;2*1H/q2*+1;;/p-2. The maximum Gasteiger partial charge on any atom is 0.181 e. The third kappa shape index (κ3) is 25.9. The number of unbranched alkanes of at least 4 members (excludes halogenated alkanes) is 22. The van der Waals surface area contributed by atoms with Crippen molar-refractivity contribution in [2.45, 2.75) is 209 Å². The Morgan fingerprint density at radius 3 is 1.20 bits per heavy atom. The van der Waals surface area contributed by atoms with E-state index in [-0.39, 0.29) is 24.8 Å². The van der Waals surface area contributed by atoms with E-state index in [2.05, 4.69) is 87.3 Å². The number of hydrogen-bond donors (Lipinski definition) is 0. The Morgan fingerprint density at radius 1 is 0.435 bits per heavy atom. The summed E-state index contributed by atoms with van der Waals surface area (Å²) in [6, 6.07) is 8.87. The number of nitrogens with zero attached hydrogens (tertiary/aromatic N) is 2. The number of rotatable bonds is 26. The first-order valence-corrected chi connectivity index (χ1v) is 19.4. The van der Waals surface area contributed by atoms with Gasteiger partial charge in [-0.2, -0.15) is 0 Å². The average molecular weight is 680 g/mol.